The van der Waals surface area contributed by atoms with Gasteiger partial charge in [0.2, 0.25) is 0 Å². The topological polar surface area (TPSA) is 64.3 Å². The van der Waals surface area contributed by atoms with E-state index in [1.54, 1.807) is 23.0 Å². The van der Waals surface area contributed by atoms with Crippen LogP contribution >= 0.6 is 11.9 Å². The summed E-state index contributed by atoms with van der Waals surface area (Å²) in [5, 5.41) is 1.07. The fourth-order valence-electron chi connectivity index (χ4n) is 3.72. The highest BCUT2D eigenvalue weighted by Crippen LogP contribution is 2.37. The van der Waals surface area contributed by atoms with Crippen molar-refractivity contribution >= 4 is 34.6 Å². The van der Waals surface area contributed by atoms with Crippen LogP contribution in [0.2, 0.25) is 0 Å². The molecule has 4 rings (SSSR count). The van der Waals surface area contributed by atoms with E-state index in [0.717, 1.165) is 22.3 Å². The lowest BCUT2D eigenvalue weighted by Gasteiger charge is -2.42. The molecule has 0 unspecified atom stereocenters. The van der Waals surface area contributed by atoms with E-state index in [0.29, 0.717) is 12.7 Å². The zero-order valence-electron chi connectivity index (χ0n) is 15.2. The normalized spacial score (nSPS) is 18.1. The molecule has 6 nitrogen and oxygen atoms in total. The average Bonchev–Trinajstić information content (AvgIpc) is 3.14. The summed E-state index contributed by atoms with van der Waals surface area (Å²) >= 11 is 1.61. The number of fused-ring (bicyclic) bond motifs is 3. The smallest absolute Gasteiger partial charge is 0.258 e. The minimum Gasteiger partial charge on any atom is -0.349 e. The quantitative estimate of drug-likeness (QED) is 0.804. The molecule has 1 aliphatic heterocycles. The Labute approximate surface area is 153 Å². The van der Waals surface area contributed by atoms with Gasteiger partial charge in [-0.2, -0.15) is 0 Å². The van der Waals surface area contributed by atoms with Crippen LogP contribution in [0.25, 0.3) is 11.0 Å². The fourth-order valence-corrected chi connectivity index (χ4v) is 3.72. The number of carbonyl (C=O) groups is 1. The number of hydrogen-bond acceptors (Lipinski definition) is 5. The van der Waals surface area contributed by atoms with E-state index in [1.165, 1.54) is 32.1 Å². The number of carbonyl (C=O) groups excluding carboxylic acids is 1. The second-order valence-electron chi connectivity index (χ2n) is 6.57. The first-order valence-corrected chi connectivity index (χ1v) is 10.1. The van der Waals surface area contributed by atoms with Crippen LogP contribution in [0.1, 0.15) is 42.5 Å². The number of anilines is 1. The monoisotopic (exact) mass is 361 g/mol. The number of hydrogen-bond donors (Lipinski definition) is 2. The van der Waals surface area contributed by atoms with Gasteiger partial charge in [-0.25, -0.2) is 4.98 Å². The van der Waals surface area contributed by atoms with Crippen LogP contribution in [0.5, 0.6) is 0 Å². The second kappa shape index (κ2) is 8.10. The third-order valence-electron chi connectivity index (χ3n) is 5.01. The Kier molecular flexibility index (Phi) is 5.86. The van der Waals surface area contributed by atoms with Crippen molar-refractivity contribution in [2.75, 3.05) is 31.9 Å². The van der Waals surface area contributed by atoms with Crippen LogP contribution in [0.4, 0.5) is 5.69 Å². The van der Waals surface area contributed by atoms with Gasteiger partial charge in [0.1, 0.15) is 5.65 Å². The summed E-state index contributed by atoms with van der Waals surface area (Å²) in [6, 6.07) is 2.57. The first-order chi connectivity index (χ1) is 12.2. The lowest BCUT2D eigenvalue weighted by molar-refractivity contribution is 0.0776. The van der Waals surface area contributed by atoms with E-state index >= 15 is 0 Å². The lowest BCUT2D eigenvalue weighted by Crippen LogP contribution is -2.49. The molecule has 2 aromatic heterocycles. The highest BCUT2D eigenvalue weighted by molar-refractivity contribution is 7.96. The second-order valence-corrected chi connectivity index (χ2v) is 7.39. The van der Waals surface area contributed by atoms with Crippen molar-refractivity contribution in [1.29, 1.82) is 0 Å². The molecule has 0 spiro atoms. The summed E-state index contributed by atoms with van der Waals surface area (Å²) in [5.74, 6) is 0.0765. The molecule has 2 aliphatic rings. The first kappa shape index (κ1) is 18.1. The van der Waals surface area contributed by atoms with Crippen molar-refractivity contribution in [1.82, 2.24) is 19.6 Å². The zero-order chi connectivity index (χ0) is 17.8. The Morgan fingerprint density at radius 3 is 2.72 bits per heavy atom. The van der Waals surface area contributed by atoms with Gasteiger partial charge in [0, 0.05) is 30.9 Å². The van der Waals surface area contributed by atoms with E-state index in [-0.39, 0.29) is 5.91 Å². The third kappa shape index (κ3) is 3.62. The number of aromatic nitrogens is 2. The molecule has 3 heterocycles. The van der Waals surface area contributed by atoms with Gasteiger partial charge < -0.3 is 14.8 Å². The third-order valence-corrected chi connectivity index (χ3v) is 5.41. The van der Waals surface area contributed by atoms with Crippen LogP contribution < -0.4 is 9.62 Å². The highest BCUT2D eigenvalue weighted by Gasteiger charge is 2.33. The molecule has 0 aromatic carbocycles. The number of rotatable bonds is 2. The SMILES string of the molecule is CN1CN(C2CCCCC2)c2c(cnc3[nH]ccc23)C1=O.CNSC. The molecule has 1 aliphatic carbocycles. The lowest BCUT2D eigenvalue weighted by atomic mass is 9.92. The van der Waals surface area contributed by atoms with Gasteiger partial charge in [-0.3, -0.25) is 9.52 Å². The number of pyridine rings is 1. The molecule has 136 valence electrons. The molecule has 2 N–H and O–H groups in total. The summed E-state index contributed by atoms with van der Waals surface area (Å²) in [6.07, 6.45) is 12.0. The summed E-state index contributed by atoms with van der Waals surface area (Å²) < 4.78 is 2.85. The Balaban J connectivity index is 0.000000415. The molecule has 0 saturated heterocycles. The molecular weight excluding hydrogens is 334 g/mol. The Hall–Kier alpha value is -1.73. The van der Waals surface area contributed by atoms with Crippen molar-refractivity contribution in [3.8, 4) is 0 Å². The van der Waals surface area contributed by atoms with Gasteiger partial charge in [-0.15, -0.1) is 0 Å². The van der Waals surface area contributed by atoms with E-state index in [2.05, 4.69) is 19.6 Å². The maximum absolute atomic E-state index is 12.5. The van der Waals surface area contributed by atoms with Gasteiger partial charge >= 0.3 is 0 Å². The predicted octanol–water partition coefficient (Wildman–Crippen LogP) is 3.23. The molecule has 0 radical (unpaired) electrons. The van der Waals surface area contributed by atoms with Crippen LogP contribution in [0.3, 0.4) is 0 Å². The highest BCUT2D eigenvalue weighted by atomic mass is 32.2. The van der Waals surface area contributed by atoms with Crippen LogP contribution in [-0.4, -0.2) is 53.8 Å². The van der Waals surface area contributed by atoms with E-state index in [4.69, 9.17) is 0 Å². The van der Waals surface area contributed by atoms with Crippen molar-refractivity contribution in [3.05, 3.63) is 24.0 Å². The summed E-state index contributed by atoms with van der Waals surface area (Å²) in [7, 11) is 3.77. The predicted molar refractivity (Wildman–Crippen MR) is 105 cm³/mol. The molecule has 2 aromatic rings. The molecule has 25 heavy (non-hydrogen) atoms. The van der Waals surface area contributed by atoms with E-state index in [1.807, 2.05) is 32.6 Å². The summed E-state index contributed by atoms with van der Waals surface area (Å²) in [5.41, 5.74) is 2.68. The van der Waals surface area contributed by atoms with Gasteiger partial charge in [0.25, 0.3) is 5.91 Å². The largest absolute Gasteiger partial charge is 0.349 e. The maximum atomic E-state index is 12.5. The Bertz CT molecular complexity index is 723. The maximum Gasteiger partial charge on any atom is 0.258 e. The molecule has 0 bridgehead atoms. The fraction of sp³-hybridized carbons (Fsp3) is 0.556. The number of aromatic amines is 1. The van der Waals surface area contributed by atoms with Crippen molar-refractivity contribution in [2.24, 2.45) is 0 Å². The summed E-state index contributed by atoms with van der Waals surface area (Å²) in [4.78, 5) is 24.2. The van der Waals surface area contributed by atoms with Crippen molar-refractivity contribution in [2.45, 2.75) is 38.1 Å². The van der Waals surface area contributed by atoms with Crippen LogP contribution in [0.15, 0.2) is 18.5 Å². The van der Waals surface area contributed by atoms with Gasteiger partial charge in [0.15, 0.2) is 0 Å². The van der Waals surface area contributed by atoms with Gasteiger partial charge in [-0.05, 0) is 32.2 Å². The molecule has 1 amide bonds. The standard InChI is InChI=1S/C16H20N4O.C2H7NS/c1-19-10-20(11-5-3-2-4-6-11)14-12-7-8-17-15(12)18-9-13(14)16(19)21;1-3-4-2/h7-9,11H,2-6,10H2,1H3,(H,17,18);3H,1-2H3. The Morgan fingerprint density at radius 2 is 2.04 bits per heavy atom. The minimum absolute atomic E-state index is 0.0765. The number of nitrogens with one attached hydrogen (secondary N) is 2. The van der Waals surface area contributed by atoms with Gasteiger partial charge in [-0.1, -0.05) is 31.2 Å². The number of amides is 1. The van der Waals surface area contributed by atoms with Crippen molar-refractivity contribution in [3.63, 3.8) is 0 Å². The first-order valence-electron chi connectivity index (χ1n) is 8.85. The number of nitrogens with zero attached hydrogens (tertiary/aromatic N) is 3. The molecule has 7 heteroatoms. The Morgan fingerprint density at radius 1 is 1.32 bits per heavy atom. The minimum atomic E-state index is 0.0765. The van der Waals surface area contributed by atoms with Crippen LogP contribution in [-0.2, 0) is 0 Å². The van der Waals surface area contributed by atoms with E-state index in [9.17, 15) is 4.79 Å². The summed E-state index contributed by atoms with van der Waals surface area (Å²) in [6.45, 7) is 0.681. The molecule has 0 atom stereocenters. The average molecular weight is 362 g/mol. The zero-order valence-corrected chi connectivity index (χ0v) is 16.0. The number of H-pyrrole nitrogens is 1. The van der Waals surface area contributed by atoms with Crippen molar-refractivity contribution < 1.29 is 4.79 Å². The molecule has 1 fully saturated rings. The molecular formula is C18H27N5OS. The molecule has 1 saturated carbocycles. The van der Waals surface area contributed by atoms with Gasteiger partial charge in [0.05, 0.1) is 17.9 Å². The van der Waals surface area contributed by atoms with E-state index < -0.39 is 0 Å². The van der Waals surface area contributed by atoms with Crippen LogP contribution in [0, 0.1) is 0 Å².